The first-order valence-electron chi connectivity index (χ1n) is 7.29. The zero-order valence-corrected chi connectivity index (χ0v) is 12.6. The lowest BCUT2D eigenvalue weighted by Gasteiger charge is -2.20. The molecule has 1 N–H and O–H groups in total. The van der Waals surface area contributed by atoms with E-state index >= 15 is 0 Å². The summed E-state index contributed by atoms with van der Waals surface area (Å²) < 4.78 is 13.5. The second kappa shape index (κ2) is 8.55. The van der Waals surface area contributed by atoms with E-state index in [1.54, 1.807) is 12.1 Å². The first-order chi connectivity index (χ1) is 9.62. The van der Waals surface area contributed by atoms with E-state index in [2.05, 4.69) is 31.0 Å². The SMILES string of the molecule is CCN(CC)CCCC(C)Nc1cccc(F)c1C#N. The second-order valence-corrected chi connectivity index (χ2v) is 4.99. The van der Waals surface area contributed by atoms with Gasteiger partial charge in [0.25, 0.3) is 0 Å². The van der Waals surface area contributed by atoms with Gasteiger partial charge in [-0.1, -0.05) is 19.9 Å². The molecule has 0 bridgehead atoms. The molecule has 1 aromatic carbocycles. The lowest BCUT2D eigenvalue weighted by Crippen LogP contribution is -2.25. The van der Waals surface area contributed by atoms with Gasteiger partial charge in [0.15, 0.2) is 0 Å². The fourth-order valence-corrected chi connectivity index (χ4v) is 2.26. The van der Waals surface area contributed by atoms with Crippen LogP contribution in [-0.2, 0) is 0 Å². The van der Waals surface area contributed by atoms with Gasteiger partial charge in [0.05, 0.1) is 5.69 Å². The van der Waals surface area contributed by atoms with E-state index in [0.29, 0.717) is 5.69 Å². The van der Waals surface area contributed by atoms with Crippen LogP contribution in [0.1, 0.15) is 39.2 Å². The van der Waals surface area contributed by atoms with Crippen molar-refractivity contribution in [2.24, 2.45) is 0 Å². The summed E-state index contributed by atoms with van der Waals surface area (Å²) in [5.41, 5.74) is 0.686. The van der Waals surface area contributed by atoms with Gasteiger partial charge < -0.3 is 10.2 Å². The van der Waals surface area contributed by atoms with Gasteiger partial charge in [-0.3, -0.25) is 0 Å². The number of nitrogens with zero attached hydrogens (tertiary/aromatic N) is 2. The van der Waals surface area contributed by atoms with Crippen LogP contribution in [-0.4, -0.2) is 30.6 Å². The molecular formula is C16H24FN3. The van der Waals surface area contributed by atoms with Gasteiger partial charge in [-0.2, -0.15) is 5.26 Å². The molecule has 0 aliphatic rings. The highest BCUT2D eigenvalue weighted by atomic mass is 19.1. The van der Waals surface area contributed by atoms with Gasteiger partial charge in [-0.15, -0.1) is 0 Å². The Bertz CT molecular complexity index is 450. The Hall–Kier alpha value is -1.60. The fraction of sp³-hybridized carbons (Fsp3) is 0.562. The number of anilines is 1. The van der Waals surface area contributed by atoms with E-state index in [0.717, 1.165) is 32.5 Å². The minimum Gasteiger partial charge on any atom is -0.381 e. The Morgan fingerprint density at radius 3 is 2.65 bits per heavy atom. The number of rotatable bonds is 8. The molecule has 110 valence electrons. The molecule has 0 spiro atoms. The molecule has 0 aliphatic carbocycles. The summed E-state index contributed by atoms with van der Waals surface area (Å²) in [5.74, 6) is -0.465. The molecule has 0 aliphatic heterocycles. The predicted molar refractivity (Wildman–Crippen MR) is 81.2 cm³/mol. The van der Waals surface area contributed by atoms with Crippen LogP contribution >= 0.6 is 0 Å². The van der Waals surface area contributed by atoms with Crippen molar-refractivity contribution >= 4 is 5.69 Å². The van der Waals surface area contributed by atoms with E-state index in [4.69, 9.17) is 5.26 Å². The van der Waals surface area contributed by atoms with Gasteiger partial charge in [-0.05, 0) is 51.5 Å². The van der Waals surface area contributed by atoms with Crippen LogP contribution in [0.2, 0.25) is 0 Å². The maximum Gasteiger partial charge on any atom is 0.143 e. The molecule has 0 amide bonds. The average Bonchev–Trinajstić information content (AvgIpc) is 2.44. The molecule has 0 saturated heterocycles. The Morgan fingerprint density at radius 1 is 1.35 bits per heavy atom. The van der Waals surface area contributed by atoms with Gasteiger partial charge in [0.1, 0.15) is 17.4 Å². The Morgan fingerprint density at radius 2 is 2.05 bits per heavy atom. The van der Waals surface area contributed by atoms with Crippen molar-refractivity contribution in [3.8, 4) is 6.07 Å². The molecule has 20 heavy (non-hydrogen) atoms. The highest BCUT2D eigenvalue weighted by Gasteiger charge is 2.10. The summed E-state index contributed by atoms with van der Waals surface area (Å²) in [7, 11) is 0. The van der Waals surface area contributed by atoms with E-state index in [1.807, 2.05) is 6.07 Å². The highest BCUT2D eigenvalue weighted by molar-refractivity contribution is 5.58. The molecule has 0 heterocycles. The molecule has 0 radical (unpaired) electrons. The highest BCUT2D eigenvalue weighted by Crippen LogP contribution is 2.19. The zero-order valence-electron chi connectivity index (χ0n) is 12.6. The summed E-state index contributed by atoms with van der Waals surface area (Å²) in [5, 5.41) is 12.2. The molecule has 0 aromatic heterocycles. The van der Waals surface area contributed by atoms with Crippen molar-refractivity contribution < 1.29 is 4.39 Å². The molecule has 1 rings (SSSR count). The number of nitriles is 1. The Kier molecular flexibility index (Phi) is 7.03. The molecule has 1 unspecified atom stereocenters. The summed E-state index contributed by atoms with van der Waals surface area (Å²) in [4.78, 5) is 2.38. The largest absolute Gasteiger partial charge is 0.381 e. The van der Waals surface area contributed by atoms with Crippen LogP contribution in [0.4, 0.5) is 10.1 Å². The van der Waals surface area contributed by atoms with E-state index in [-0.39, 0.29) is 11.6 Å². The minimum absolute atomic E-state index is 0.100. The maximum atomic E-state index is 13.5. The van der Waals surface area contributed by atoms with Gasteiger partial charge >= 0.3 is 0 Å². The third kappa shape index (κ3) is 4.82. The lowest BCUT2D eigenvalue weighted by atomic mass is 10.1. The first kappa shape index (κ1) is 16.5. The number of nitrogens with one attached hydrogen (secondary N) is 1. The number of benzene rings is 1. The lowest BCUT2D eigenvalue weighted by molar-refractivity contribution is 0.295. The monoisotopic (exact) mass is 277 g/mol. The molecule has 0 saturated carbocycles. The Labute approximate surface area is 121 Å². The van der Waals surface area contributed by atoms with Crippen LogP contribution in [0.25, 0.3) is 0 Å². The van der Waals surface area contributed by atoms with Crippen molar-refractivity contribution in [3.05, 3.63) is 29.6 Å². The predicted octanol–water partition coefficient (Wildman–Crippen LogP) is 3.62. The van der Waals surface area contributed by atoms with Crippen LogP contribution in [0, 0.1) is 17.1 Å². The third-order valence-corrected chi connectivity index (χ3v) is 3.53. The average molecular weight is 277 g/mol. The summed E-state index contributed by atoms with van der Waals surface area (Å²) in [6, 6.07) is 6.83. The van der Waals surface area contributed by atoms with Gasteiger partial charge in [-0.25, -0.2) is 4.39 Å². The molecule has 3 nitrogen and oxygen atoms in total. The third-order valence-electron chi connectivity index (χ3n) is 3.53. The van der Waals surface area contributed by atoms with Gasteiger partial charge in [0.2, 0.25) is 0 Å². The van der Waals surface area contributed by atoms with E-state index < -0.39 is 5.82 Å². The molecule has 4 heteroatoms. The number of halogens is 1. The molecule has 1 aromatic rings. The molecular weight excluding hydrogens is 253 g/mol. The van der Waals surface area contributed by atoms with Crippen LogP contribution in [0.3, 0.4) is 0 Å². The smallest absolute Gasteiger partial charge is 0.143 e. The van der Waals surface area contributed by atoms with Gasteiger partial charge in [0, 0.05) is 6.04 Å². The zero-order chi connectivity index (χ0) is 15.0. The second-order valence-electron chi connectivity index (χ2n) is 4.99. The van der Waals surface area contributed by atoms with Crippen molar-refractivity contribution in [2.45, 2.75) is 39.7 Å². The van der Waals surface area contributed by atoms with Crippen molar-refractivity contribution in [1.82, 2.24) is 4.90 Å². The summed E-state index contributed by atoms with van der Waals surface area (Å²) in [6.45, 7) is 9.61. The normalized spacial score (nSPS) is 12.2. The maximum absolute atomic E-state index is 13.5. The summed E-state index contributed by atoms with van der Waals surface area (Å²) in [6.07, 6.45) is 2.09. The van der Waals surface area contributed by atoms with Crippen LogP contribution in [0.5, 0.6) is 0 Å². The van der Waals surface area contributed by atoms with Crippen molar-refractivity contribution in [1.29, 1.82) is 5.26 Å². The standard InChI is InChI=1S/C16H24FN3/c1-4-20(5-2)11-7-8-13(3)19-16-10-6-9-15(17)14(16)12-18/h6,9-10,13,19H,4-5,7-8,11H2,1-3H3. The van der Waals surface area contributed by atoms with Crippen molar-refractivity contribution in [3.63, 3.8) is 0 Å². The Balaban J connectivity index is 2.49. The molecule has 0 fully saturated rings. The van der Waals surface area contributed by atoms with E-state index in [1.165, 1.54) is 6.07 Å². The minimum atomic E-state index is -0.465. The topological polar surface area (TPSA) is 39.1 Å². The summed E-state index contributed by atoms with van der Waals surface area (Å²) >= 11 is 0. The quantitative estimate of drug-likeness (QED) is 0.789. The first-order valence-corrected chi connectivity index (χ1v) is 7.29. The van der Waals surface area contributed by atoms with Crippen molar-refractivity contribution in [2.75, 3.05) is 25.0 Å². The van der Waals surface area contributed by atoms with E-state index in [9.17, 15) is 4.39 Å². The van der Waals surface area contributed by atoms with Crippen LogP contribution in [0.15, 0.2) is 18.2 Å². The number of hydrogen-bond acceptors (Lipinski definition) is 3. The fourth-order valence-electron chi connectivity index (χ4n) is 2.26. The van der Waals surface area contributed by atoms with Crippen LogP contribution < -0.4 is 5.32 Å². The number of hydrogen-bond donors (Lipinski definition) is 1. The molecule has 1 atom stereocenters.